The highest BCUT2D eigenvalue weighted by Gasteiger charge is 2.17. The van der Waals surface area contributed by atoms with Gasteiger partial charge < -0.3 is 11.1 Å². The summed E-state index contributed by atoms with van der Waals surface area (Å²) in [6.45, 7) is 1.99. The fraction of sp³-hybridized carbons (Fsp3) is 0.500. The Morgan fingerprint density at radius 3 is 2.74 bits per heavy atom. The summed E-state index contributed by atoms with van der Waals surface area (Å²) in [5.74, 6) is -0.375. The van der Waals surface area contributed by atoms with Crippen LogP contribution in [0.1, 0.15) is 13.3 Å². The number of amides is 1. The summed E-state index contributed by atoms with van der Waals surface area (Å²) in [5, 5.41) is 2.59. The Hall–Kier alpha value is -0.480. The highest BCUT2D eigenvalue weighted by atomic mass is 79.9. The van der Waals surface area contributed by atoms with E-state index < -0.39 is 10.0 Å². The highest BCUT2D eigenvalue weighted by Crippen LogP contribution is 2.25. The first-order valence-corrected chi connectivity index (χ1v) is 8.68. The molecule has 1 heterocycles. The zero-order valence-electron chi connectivity index (χ0n) is 10.3. The molecule has 0 aliphatic carbocycles. The van der Waals surface area contributed by atoms with Crippen molar-refractivity contribution >= 4 is 43.2 Å². The zero-order valence-corrected chi connectivity index (χ0v) is 13.6. The van der Waals surface area contributed by atoms with E-state index in [0.29, 0.717) is 16.8 Å². The van der Waals surface area contributed by atoms with Crippen molar-refractivity contribution in [2.45, 2.75) is 23.6 Å². The maximum Gasteiger partial charge on any atom is 0.250 e. The number of hydrogen-bond acceptors (Lipinski definition) is 5. The second-order valence-corrected chi connectivity index (χ2v) is 8.46. The second kappa shape index (κ2) is 7.34. The lowest BCUT2D eigenvalue weighted by atomic mass is 10.2. The Morgan fingerprint density at radius 2 is 2.21 bits per heavy atom. The molecule has 1 unspecified atom stereocenters. The first kappa shape index (κ1) is 16.6. The molecular weight excluding hydrogens is 354 g/mol. The van der Waals surface area contributed by atoms with E-state index in [1.54, 1.807) is 6.07 Å². The van der Waals surface area contributed by atoms with Crippen molar-refractivity contribution in [2.24, 2.45) is 5.73 Å². The van der Waals surface area contributed by atoms with E-state index in [0.717, 1.165) is 11.3 Å². The number of nitrogens with one attached hydrogen (secondary N) is 2. The van der Waals surface area contributed by atoms with Gasteiger partial charge in [0, 0.05) is 12.6 Å². The van der Waals surface area contributed by atoms with Gasteiger partial charge in [-0.2, -0.15) is 0 Å². The largest absolute Gasteiger partial charge is 0.355 e. The molecular formula is C10H16BrN3O3S2. The van der Waals surface area contributed by atoms with Crippen molar-refractivity contribution in [1.29, 1.82) is 0 Å². The Bertz CT molecular complexity index is 528. The first-order chi connectivity index (χ1) is 8.81. The lowest BCUT2D eigenvalue weighted by Crippen LogP contribution is -2.38. The molecule has 108 valence electrons. The van der Waals surface area contributed by atoms with Gasteiger partial charge in [-0.25, -0.2) is 13.1 Å². The van der Waals surface area contributed by atoms with Crippen molar-refractivity contribution < 1.29 is 13.2 Å². The van der Waals surface area contributed by atoms with Crippen molar-refractivity contribution in [3.8, 4) is 0 Å². The average Bonchev–Trinajstić information content (AvgIpc) is 2.74. The van der Waals surface area contributed by atoms with Gasteiger partial charge in [-0.1, -0.05) is 0 Å². The predicted molar refractivity (Wildman–Crippen MR) is 78.5 cm³/mol. The SMILES string of the molecule is CC(N)CCNC(=O)CNS(=O)(=O)c1ccc(Br)s1. The van der Waals surface area contributed by atoms with Crippen LogP contribution < -0.4 is 15.8 Å². The topological polar surface area (TPSA) is 101 Å². The number of rotatable bonds is 7. The van der Waals surface area contributed by atoms with E-state index in [1.165, 1.54) is 6.07 Å². The molecule has 0 fully saturated rings. The van der Waals surface area contributed by atoms with E-state index >= 15 is 0 Å². The number of halogens is 1. The molecule has 0 aromatic carbocycles. The van der Waals surface area contributed by atoms with Gasteiger partial charge >= 0.3 is 0 Å². The van der Waals surface area contributed by atoms with E-state index in [-0.39, 0.29) is 22.7 Å². The molecule has 9 heteroatoms. The Kier molecular flexibility index (Phi) is 6.40. The van der Waals surface area contributed by atoms with E-state index in [1.807, 2.05) is 6.92 Å². The highest BCUT2D eigenvalue weighted by molar-refractivity contribution is 9.11. The predicted octanol–water partition coefficient (Wildman–Crippen LogP) is 0.642. The van der Waals surface area contributed by atoms with Crippen LogP contribution in [0.25, 0.3) is 0 Å². The molecule has 0 saturated heterocycles. The molecule has 0 saturated carbocycles. The van der Waals surface area contributed by atoms with Crippen LogP contribution in [-0.4, -0.2) is 33.5 Å². The van der Waals surface area contributed by atoms with Crippen LogP contribution in [-0.2, 0) is 14.8 Å². The lowest BCUT2D eigenvalue weighted by molar-refractivity contribution is -0.119. The molecule has 1 rings (SSSR count). The molecule has 0 radical (unpaired) electrons. The summed E-state index contributed by atoms with van der Waals surface area (Å²) in [7, 11) is -3.62. The number of hydrogen-bond donors (Lipinski definition) is 3. The summed E-state index contributed by atoms with van der Waals surface area (Å²) in [5.41, 5.74) is 5.53. The minimum absolute atomic E-state index is 0.000427. The summed E-state index contributed by atoms with van der Waals surface area (Å²) in [4.78, 5) is 11.4. The van der Waals surface area contributed by atoms with Crippen molar-refractivity contribution in [3.05, 3.63) is 15.9 Å². The van der Waals surface area contributed by atoms with E-state index in [4.69, 9.17) is 5.73 Å². The van der Waals surface area contributed by atoms with Crippen LogP contribution in [0, 0.1) is 0 Å². The maximum absolute atomic E-state index is 11.8. The quantitative estimate of drug-likeness (QED) is 0.656. The van der Waals surface area contributed by atoms with Crippen LogP contribution in [0.3, 0.4) is 0 Å². The normalized spacial score (nSPS) is 13.2. The third-order valence-electron chi connectivity index (χ3n) is 2.16. The Morgan fingerprint density at radius 1 is 1.53 bits per heavy atom. The van der Waals surface area contributed by atoms with Gasteiger partial charge in [0.2, 0.25) is 5.91 Å². The minimum atomic E-state index is -3.62. The fourth-order valence-electron chi connectivity index (χ4n) is 1.18. The molecule has 6 nitrogen and oxygen atoms in total. The molecule has 19 heavy (non-hydrogen) atoms. The molecule has 1 amide bonds. The smallest absolute Gasteiger partial charge is 0.250 e. The van der Waals surface area contributed by atoms with Gasteiger partial charge in [-0.3, -0.25) is 4.79 Å². The first-order valence-electron chi connectivity index (χ1n) is 5.58. The summed E-state index contributed by atoms with van der Waals surface area (Å²) < 4.78 is 26.8. The average molecular weight is 370 g/mol. The molecule has 0 aliphatic rings. The van der Waals surface area contributed by atoms with Crippen LogP contribution in [0.15, 0.2) is 20.1 Å². The van der Waals surface area contributed by atoms with Crippen LogP contribution in [0.5, 0.6) is 0 Å². The second-order valence-electron chi connectivity index (χ2n) is 4.00. The number of nitrogens with two attached hydrogens (primary N) is 1. The summed E-state index contributed by atoms with van der Waals surface area (Å²) in [6, 6.07) is 3.12. The van der Waals surface area contributed by atoms with Crippen molar-refractivity contribution in [3.63, 3.8) is 0 Å². The third kappa shape index (κ3) is 6.00. The molecule has 0 aliphatic heterocycles. The monoisotopic (exact) mass is 369 g/mol. The summed E-state index contributed by atoms with van der Waals surface area (Å²) in [6.07, 6.45) is 0.649. The minimum Gasteiger partial charge on any atom is -0.355 e. The van der Waals surface area contributed by atoms with Gasteiger partial charge in [0.25, 0.3) is 10.0 Å². The number of thiophene rings is 1. The van der Waals surface area contributed by atoms with Gasteiger partial charge in [-0.05, 0) is 41.4 Å². The van der Waals surface area contributed by atoms with Gasteiger partial charge in [0.1, 0.15) is 4.21 Å². The van der Waals surface area contributed by atoms with Gasteiger partial charge in [-0.15, -0.1) is 11.3 Å². The van der Waals surface area contributed by atoms with E-state index in [2.05, 4.69) is 26.0 Å². The lowest BCUT2D eigenvalue weighted by Gasteiger charge is -2.08. The molecule has 4 N–H and O–H groups in total. The van der Waals surface area contributed by atoms with Crippen molar-refractivity contribution in [2.75, 3.05) is 13.1 Å². The van der Waals surface area contributed by atoms with Crippen LogP contribution in [0.4, 0.5) is 0 Å². The zero-order chi connectivity index (χ0) is 14.5. The maximum atomic E-state index is 11.8. The fourth-order valence-corrected chi connectivity index (χ4v) is 4.21. The van der Waals surface area contributed by atoms with E-state index in [9.17, 15) is 13.2 Å². The molecule has 1 aromatic rings. The number of carbonyl (C=O) groups excluding carboxylic acids is 1. The third-order valence-corrected chi connectivity index (χ3v) is 5.67. The summed E-state index contributed by atoms with van der Waals surface area (Å²) >= 11 is 4.27. The van der Waals surface area contributed by atoms with Crippen molar-refractivity contribution in [1.82, 2.24) is 10.0 Å². The molecule has 0 spiro atoms. The van der Waals surface area contributed by atoms with Gasteiger partial charge in [0.05, 0.1) is 10.3 Å². The number of carbonyl (C=O) groups is 1. The standard InChI is InChI=1S/C10H16BrN3O3S2/c1-7(12)4-5-13-9(15)6-14-19(16,17)10-3-2-8(11)18-10/h2-3,7,14H,4-6,12H2,1H3,(H,13,15). The number of sulfonamides is 1. The van der Waals surface area contributed by atoms with Gasteiger partial charge in [0.15, 0.2) is 0 Å². The molecule has 1 atom stereocenters. The van der Waals surface area contributed by atoms with Crippen LogP contribution in [0.2, 0.25) is 0 Å². The Labute approximate surface area is 124 Å². The molecule has 1 aromatic heterocycles. The van der Waals surface area contributed by atoms with Crippen LogP contribution >= 0.6 is 27.3 Å². The molecule has 0 bridgehead atoms. The Balaban J connectivity index is 2.41.